The fraction of sp³-hybridized carbons (Fsp3) is 0.393. The third-order valence-electron chi connectivity index (χ3n) is 8.36. The average Bonchev–Trinajstić information content (AvgIpc) is 2.86. The van der Waals surface area contributed by atoms with Gasteiger partial charge in [-0.25, -0.2) is 0 Å². The van der Waals surface area contributed by atoms with Gasteiger partial charge in [0.25, 0.3) is 0 Å². The van der Waals surface area contributed by atoms with Crippen molar-refractivity contribution in [1.82, 2.24) is 4.90 Å². The standard InChI is InChI=1S/C28H29N3O7/c1-31(2)21-16-10-13-9-15-19(17(32)11-14(24(15)38-3)12-7-5-4-6-8-12)22(33)18(13)26(35)28(16,37)25(29)20(23(21)34)27(30)36/h4-8,11,13,16,18,20-21,29,32,37H,9-10H2,1-3H3,(H2,30,36). The summed E-state index contributed by atoms with van der Waals surface area (Å²) in [6, 6.07) is 9.56. The van der Waals surface area contributed by atoms with Crippen LogP contribution in [0.4, 0.5) is 0 Å². The van der Waals surface area contributed by atoms with Gasteiger partial charge in [0.1, 0.15) is 17.4 Å². The van der Waals surface area contributed by atoms with E-state index in [2.05, 4.69) is 0 Å². The van der Waals surface area contributed by atoms with Gasteiger partial charge in [0.15, 0.2) is 23.0 Å². The molecule has 0 radical (unpaired) electrons. The average molecular weight is 520 g/mol. The number of phenolic OH excluding ortho intramolecular Hbond substituents is 1. The van der Waals surface area contributed by atoms with Crippen LogP contribution < -0.4 is 10.5 Å². The van der Waals surface area contributed by atoms with Crippen LogP contribution in [-0.2, 0) is 20.8 Å². The van der Waals surface area contributed by atoms with Crippen molar-refractivity contribution in [3.8, 4) is 22.6 Å². The van der Waals surface area contributed by atoms with Crippen LogP contribution in [0.3, 0.4) is 0 Å². The van der Waals surface area contributed by atoms with E-state index in [-0.39, 0.29) is 24.2 Å². The molecule has 0 bridgehead atoms. The molecule has 0 aliphatic heterocycles. The van der Waals surface area contributed by atoms with Gasteiger partial charge < -0.3 is 26.1 Å². The van der Waals surface area contributed by atoms with Crippen molar-refractivity contribution in [2.24, 2.45) is 29.4 Å². The van der Waals surface area contributed by atoms with Crippen molar-refractivity contribution < 1.29 is 34.1 Å². The molecule has 2 saturated carbocycles. The van der Waals surface area contributed by atoms with Gasteiger partial charge in [0.05, 0.1) is 30.3 Å². The monoisotopic (exact) mass is 519 g/mol. The number of ketones is 3. The largest absolute Gasteiger partial charge is 0.507 e. The topological polar surface area (TPSA) is 171 Å². The number of likely N-dealkylation sites (N-methyl/N-ethyl adjacent to an activating group) is 1. The number of ether oxygens (including phenoxy) is 1. The highest BCUT2D eigenvalue weighted by Gasteiger charge is 2.67. The Morgan fingerprint density at radius 3 is 2.42 bits per heavy atom. The minimum Gasteiger partial charge on any atom is -0.507 e. The summed E-state index contributed by atoms with van der Waals surface area (Å²) >= 11 is 0. The molecule has 6 unspecified atom stereocenters. The second-order valence-corrected chi connectivity index (χ2v) is 10.5. The fourth-order valence-electron chi connectivity index (χ4n) is 6.78. The Hall–Kier alpha value is -3.89. The summed E-state index contributed by atoms with van der Waals surface area (Å²) < 4.78 is 5.72. The predicted molar refractivity (Wildman–Crippen MR) is 136 cm³/mol. The van der Waals surface area contributed by atoms with E-state index in [1.165, 1.54) is 18.1 Å². The number of Topliss-reactive ketones (excluding diaryl/α,β-unsaturated/α-hetero) is 3. The zero-order valence-electron chi connectivity index (χ0n) is 21.2. The first-order valence-electron chi connectivity index (χ1n) is 12.3. The molecule has 0 spiro atoms. The third kappa shape index (κ3) is 3.36. The number of hydrogen-bond acceptors (Lipinski definition) is 9. The molecule has 0 heterocycles. The number of nitrogens with two attached hydrogens (primary N) is 1. The van der Waals surface area contributed by atoms with Crippen LogP contribution in [0, 0.1) is 29.1 Å². The SMILES string of the molecule is COc1c(-c2ccccc2)cc(O)c2c1CC1CC3C(N(C)C)C(=O)C(C(N)=O)C(=N)C3(O)C(=O)C1C2=O. The minimum atomic E-state index is -2.53. The molecular weight excluding hydrogens is 490 g/mol. The fourth-order valence-corrected chi connectivity index (χ4v) is 6.78. The summed E-state index contributed by atoms with van der Waals surface area (Å²) in [6.07, 6.45) is 0.225. The Balaban J connectivity index is 1.67. The number of carbonyl (C=O) groups excluding carboxylic acids is 4. The van der Waals surface area contributed by atoms with Gasteiger partial charge in [0.2, 0.25) is 5.91 Å². The maximum absolute atomic E-state index is 13.9. The zero-order valence-corrected chi connectivity index (χ0v) is 21.2. The van der Waals surface area contributed by atoms with E-state index in [0.717, 1.165) is 5.56 Å². The predicted octanol–water partition coefficient (Wildman–Crippen LogP) is 0.993. The Labute approximate surface area is 218 Å². The highest BCUT2D eigenvalue weighted by Crippen LogP contribution is 2.53. The second kappa shape index (κ2) is 8.85. The lowest BCUT2D eigenvalue weighted by molar-refractivity contribution is -0.157. The van der Waals surface area contributed by atoms with Crippen molar-refractivity contribution in [2.75, 3.05) is 21.2 Å². The van der Waals surface area contributed by atoms with Crippen molar-refractivity contribution in [2.45, 2.75) is 24.5 Å². The van der Waals surface area contributed by atoms with Gasteiger partial charge in [-0.2, -0.15) is 0 Å². The van der Waals surface area contributed by atoms with E-state index in [0.29, 0.717) is 16.9 Å². The van der Waals surface area contributed by atoms with Gasteiger partial charge >= 0.3 is 0 Å². The van der Waals surface area contributed by atoms with E-state index in [1.807, 2.05) is 30.3 Å². The highest BCUT2D eigenvalue weighted by molar-refractivity contribution is 6.33. The second-order valence-electron chi connectivity index (χ2n) is 10.5. The van der Waals surface area contributed by atoms with Gasteiger partial charge in [-0.05, 0) is 44.5 Å². The number of nitrogens with zero attached hydrogens (tertiary/aromatic N) is 1. The zero-order chi connectivity index (χ0) is 27.7. The number of rotatable bonds is 4. The van der Waals surface area contributed by atoms with Crippen molar-refractivity contribution in [1.29, 1.82) is 5.41 Å². The van der Waals surface area contributed by atoms with Gasteiger partial charge in [-0.1, -0.05) is 30.3 Å². The molecule has 1 amide bonds. The normalized spacial score (nSPS) is 30.5. The molecule has 3 aliphatic carbocycles. The first-order chi connectivity index (χ1) is 17.9. The molecule has 0 saturated heterocycles. The van der Waals surface area contributed by atoms with Gasteiger partial charge in [0, 0.05) is 17.0 Å². The van der Waals surface area contributed by atoms with E-state index < -0.39 is 64.3 Å². The van der Waals surface area contributed by atoms with Crippen molar-refractivity contribution in [3.63, 3.8) is 0 Å². The minimum absolute atomic E-state index is 0.0556. The molecule has 5 N–H and O–H groups in total. The number of nitrogens with one attached hydrogen (secondary N) is 1. The molecule has 2 fully saturated rings. The molecular formula is C28H29N3O7. The van der Waals surface area contributed by atoms with E-state index in [1.54, 1.807) is 14.1 Å². The number of carbonyl (C=O) groups is 4. The lowest BCUT2D eigenvalue weighted by Gasteiger charge is -2.53. The smallest absolute Gasteiger partial charge is 0.233 e. The molecule has 5 rings (SSSR count). The van der Waals surface area contributed by atoms with Crippen LogP contribution >= 0.6 is 0 Å². The molecule has 38 heavy (non-hydrogen) atoms. The number of aromatic hydroxyl groups is 1. The maximum atomic E-state index is 13.9. The maximum Gasteiger partial charge on any atom is 0.233 e. The molecule has 10 nitrogen and oxygen atoms in total. The van der Waals surface area contributed by atoms with Crippen LogP contribution in [0.1, 0.15) is 22.3 Å². The molecule has 3 aliphatic rings. The molecule has 2 aromatic carbocycles. The number of hydrogen-bond donors (Lipinski definition) is 4. The number of methoxy groups -OCH3 is 1. The summed E-state index contributed by atoms with van der Waals surface area (Å²) in [7, 11) is 4.63. The highest BCUT2D eigenvalue weighted by atomic mass is 16.5. The van der Waals surface area contributed by atoms with Gasteiger partial charge in [-0.3, -0.25) is 24.1 Å². The number of aliphatic hydroxyl groups is 1. The third-order valence-corrected chi connectivity index (χ3v) is 8.36. The quantitative estimate of drug-likeness (QED) is 0.433. The molecule has 198 valence electrons. The molecule has 2 aromatic rings. The number of benzene rings is 2. The molecule has 0 aromatic heterocycles. The first kappa shape index (κ1) is 25.7. The summed E-state index contributed by atoms with van der Waals surface area (Å²) in [5.41, 5.74) is 3.83. The van der Waals surface area contributed by atoms with E-state index in [4.69, 9.17) is 15.9 Å². The summed E-state index contributed by atoms with van der Waals surface area (Å²) in [4.78, 5) is 54.7. The Morgan fingerprint density at radius 1 is 1.18 bits per heavy atom. The van der Waals surface area contributed by atoms with Crippen LogP contribution in [0.2, 0.25) is 0 Å². The number of phenols is 1. The summed E-state index contributed by atoms with van der Waals surface area (Å²) in [5, 5.41) is 31.3. The van der Waals surface area contributed by atoms with E-state index >= 15 is 0 Å². The molecule has 6 atom stereocenters. The Kier molecular flexibility index (Phi) is 6.00. The van der Waals surface area contributed by atoms with E-state index in [9.17, 15) is 29.4 Å². The van der Waals surface area contributed by atoms with Crippen molar-refractivity contribution in [3.05, 3.63) is 47.5 Å². The number of primary amides is 1. The van der Waals surface area contributed by atoms with Crippen molar-refractivity contribution >= 4 is 29.0 Å². The van der Waals surface area contributed by atoms with Crippen LogP contribution in [0.5, 0.6) is 11.5 Å². The first-order valence-corrected chi connectivity index (χ1v) is 12.3. The summed E-state index contributed by atoms with van der Waals surface area (Å²) in [5.74, 6) is -8.19. The Morgan fingerprint density at radius 2 is 1.84 bits per heavy atom. The molecule has 10 heteroatoms. The van der Waals surface area contributed by atoms with Gasteiger partial charge in [-0.15, -0.1) is 0 Å². The van der Waals surface area contributed by atoms with Crippen LogP contribution in [0.25, 0.3) is 11.1 Å². The van der Waals surface area contributed by atoms with Crippen LogP contribution in [0.15, 0.2) is 36.4 Å². The number of fused-ring (bicyclic) bond motifs is 3. The van der Waals surface area contributed by atoms with Crippen LogP contribution in [-0.4, -0.2) is 76.9 Å². The Bertz CT molecular complexity index is 1400. The summed E-state index contributed by atoms with van der Waals surface area (Å²) in [6.45, 7) is 0. The lowest BCUT2D eigenvalue weighted by atomic mass is 9.52. The number of amides is 1. The lowest BCUT2D eigenvalue weighted by Crippen LogP contribution is -2.73.